The van der Waals surface area contributed by atoms with Crippen molar-refractivity contribution < 1.29 is 20.3 Å². The second-order valence-corrected chi connectivity index (χ2v) is 4.76. The Morgan fingerprint density at radius 2 is 1.19 bits per heavy atom. The molecule has 0 atom stereocenters. The molecule has 0 aliphatic rings. The van der Waals surface area contributed by atoms with Crippen LogP contribution in [0.2, 0.25) is 0 Å². The van der Waals surface area contributed by atoms with Crippen molar-refractivity contribution >= 4 is 0 Å². The first kappa shape index (κ1) is 16.2. The summed E-state index contributed by atoms with van der Waals surface area (Å²) in [5.41, 5.74) is 0. The monoisotopic (exact) mass is 250 g/mol. The van der Waals surface area contributed by atoms with E-state index in [1.165, 1.54) is 64.2 Å². The molecule has 0 radical (unpaired) electrons. The average molecular weight is 251 g/mol. The first-order valence-electron chi connectivity index (χ1n) is 6.80. The summed E-state index contributed by atoms with van der Waals surface area (Å²) in [4.78, 5) is 0. The molecule has 0 amide bonds. The number of unbranched alkanes of at least 4 members (excludes halogenated alkanes) is 10. The Bertz CT molecular complexity index is 107. The van der Waals surface area contributed by atoms with Crippen molar-refractivity contribution in [2.75, 3.05) is 6.61 Å². The van der Waals surface area contributed by atoms with Gasteiger partial charge in [0.25, 0.3) is 0 Å². The normalized spacial score (nSPS) is 10.9. The minimum Gasteiger partial charge on any atom is -0.506 e. The summed E-state index contributed by atoms with van der Waals surface area (Å²) in [5, 5.41) is 0. The van der Waals surface area contributed by atoms with E-state index >= 15 is 0 Å². The van der Waals surface area contributed by atoms with E-state index in [0.29, 0.717) is 17.9 Å². The van der Waals surface area contributed by atoms with Gasteiger partial charge in [0.2, 0.25) is 0 Å². The quantitative estimate of drug-likeness (QED) is 0.468. The Labute approximate surface area is 105 Å². The molecule has 3 heteroatoms. The molecule has 98 valence electrons. The zero-order valence-electron chi connectivity index (χ0n) is 10.7. The molecular weight excluding hydrogens is 224 g/mol. The van der Waals surface area contributed by atoms with Crippen LogP contribution in [0.25, 0.3) is 0 Å². The first-order chi connectivity index (χ1) is 7.91. The van der Waals surface area contributed by atoms with E-state index in [4.69, 9.17) is 0 Å². The van der Waals surface area contributed by atoms with Crippen molar-refractivity contribution in [3.05, 3.63) is 0 Å². The summed E-state index contributed by atoms with van der Waals surface area (Å²) in [5.74, 6) is 0. The van der Waals surface area contributed by atoms with Crippen LogP contribution in [0.15, 0.2) is 0 Å². The predicted molar refractivity (Wildman–Crippen MR) is 62.4 cm³/mol. The summed E-state index contributed by atoms with van der Waals surface area (Å²) in [6.07, 6.45) is 14.6. The van der Waals surface area contributed by atoms with Crippen molar-refractivity contribution in [3.8, 4) is 0 Å². The lowest BCUT2D eigenvalue weighted by Crippen LogP contribution is -2.04. The highest BCUT2D eigenvalue weighted by Crippen LogP contribution is 2.11. The molecule has 0 bridgehead atoms. The summed E-state index contributed by atoms with van der Waals surface area (Å²) < 4.78 is 14.5. The maximum absolute atomic E-state index is 9.85. The van der Waals surface area contributed by atoms with E-state index in [0.717, 1.165) is 6.42 Å². The van der Waals surface area contributed by atoms with Crippen LogP contribution in [0.4, 0.5) is 0 Å². The molecule has 0 aromatic carbocycles. The van der Waals surface area contributed by atoms with Crippen molar-refractivity contribution in [2.45, 2.75) is 77.6 Å². The van der Waals surface area contributed by atoms with Crippen LogP contribution in [-0.4, -0.2) is 6.61 Å². The Morgan fingerprint density at radius 1 is 0.750 bits per heavy atom. The van der Waals surface area contributed by atoms with Crippen LogP contribution in [0, 0.1) is 11.3 Å². The van der Waals surface area contributed by atoms with Crippen molar-refractivity contribution in [1.82, 2.24) is 0 Å². The largest absolute Gasteiger partial charge is 0.506 e. The van der Waals surface area contributed by atoms with Crippen LogP contribution < -0.4 is 4.66 Å². The SMILES string of the molecule is CCCCCCCCCCCCCO[Cl+][O-]. The first-order valence-corrected chi connectivity index (χ1v) is 7.42. The lowest BCUT2D eigenvalue weighted by atomic mass is 10.1. The molecule has 0 fully saturated rings. The van der Waals surface area contributed by atoms with Crippen molar-refractivity contribution in [3.63, 3.8) is 0 Å². The molecule has 0 N–H and O–H groups in total. The molecule has 0 aromatic rings. The standard InChI is InChI=1S/C13H27ClO2/c1-2-3-4-5-6-7-8-9-10-11-12-13-16-14-15/h2-13H2,1H3. The minimum atomic E-state index is 0.592. The number of hydrogen-bond acceptors (Lipinski definition) is 2. The van der Waals surface area contributed by atoms with E-state index in [2.05, 4.69) is 11.2 Å². The third-order valence-electron chi connectivity index (χ3n) is 2.87. The number of rotatable bonds is 13. The molecule has 0 heterocycles. The van der Waals surface area contributed by atoms with Crippen LogP contribution in [0.3, 0.4) is 0 Å². The lowest BCUT2D eigenvalue weighted by Gasteiger charge is -2.01. The van der Waals surface area contributed by atoms with Crippen LogP contribution in [-0.2, 0) is 4.29 Å². The zero-order chi connectivity index (χ0) is 11.9. The Hall–Kier alpha value is 0.210. The third-order valence-corrected chi connectivity index (χ3v) is 3.11. The van der Waals surface area contributed by atoms with Gasteiger partial charge in [-0.15, -0.1) is 4.29 Å². The van der Waals surface area contributed by atoms with Gasteiger partial charge in [0.05, 0.1) is 0 Å². The molecule has 2 nitrogen and oxygen atoms in total. The van der Waals surface area contributed by atoms with E-state index in [1.54, 1.807) is 0 Å². The average Bonchev–Trinajstić information content (AvgIpc) is 2.31. The molecule has 0 saturated heterocycles. The molecule has 0 rings (SSSR count). The van der Waals surface area contributed by atoms with Gasteiger partial charge in [0, 0.05) is 0 Å². The second kappa shape index (κ2) is 15.2. The smallest absolute Gasteiger partial charge is 0.330 e. The van der Waals surface area contributed by atoms with E-state index < -0.39 is 0 Å². The van der Waals surface area contributed by atoms with E-state index in [9.17, 15) is 4.66 Å². The van der Waals surface area contributed by atoms with Crippen molar-refractivity contribution in [2.24, 2.45) is 0 Å². The fourth-order valence-electron chi connectivity index (χ4n) is 1.85. The van der Waals surface area contributed by atoms with Gasteiger partial charge in [0.1, 0.15) is 6.61 Å². The Kier molecular flexibility index (Phi) is 15.4. The number of halogens is 1. The Balaban J connectivity index is 2.83. The second-order valence-electron chi connectivity index (χ2n) is 4.41. The number of hydrogen-bond donors (Lipinski definition) is 0. The van der Waals surface area contributed by atoms with Gasteiger partial charge in [-0.05, 0) is 6.42 Å². The predicted octanol–water partition coefficient (Wildman–Crippen LogP) is 3.59. The van der Waals surface area contributed by atoms with Gasteiger partial charge >= 0.3 is 11.3 Å². The van der Waals surface area contributed by atoms with Crippen LogP contribution in [0.5, 0.6) is 0 Å². The summed E-state index contributed by atoms with van der Waals surface area (Å²) in [6.45, 7) is 2.85. The van der Waals surface area contributed by atoms with E-state index in [-0.39, 0.29) is 0 Å². The van der Waals surface area contributed by atoms with Crippen molar-refractivity contribution in [1.29, 1.82) is 0 Å². The molecule has 0 aromatic heterocycles. The maximum atomic E-state index is 9.85. The third kappa shape index (κ3) is 14.2. The van der Waals surface area contributed by atoms with Gasteiger partial charge in [-0.3, -0.25) is 0 Å². The molecular formula is C13H27ClO2. The Morgan fingerprint density at radius 3 is 1.62 bits per heavy atom. The summed E-state index contributed by atoms with van der Waals surface area (Å²) in [6, 6.07) is 0. The zero-order valence-corrected chi connectivity index (χ0v) is 11.4. The minimum absolute atomic E-state index is 0.592. The van der Waals surface area contributed by atoms with Gasteiger partial charge in [-0.2, -0.15) is 0 Å². The highest BCUT2D eigenvalue weighted by atomic mass is 35.6. The van der Waals surface area contributed by atoms with Gasteiger partial charge in [0.15, 0.2) is 0 Å². The topological polar surface area (TPSA) is 32.3 Å². The van der Waals surface area contributed by atoms with Crippen LogP contribution in [0.1, 0.15) is 77.6 Å². The van der Waals surface area contributed by atoms with Crippen LogP contribution >= 0.6 is 0 Å². The molecule has 0 unspecified atom stereocenters. The summed E-state index contributed by atoms with van der Waals surface area (Å²) >= 11 is 0.640. The van der Waals surface area contributed by atoms with E-state index in [1.807, 2.05) is 0 Å². The molecule has 0 spiro atoms. The fourth-order valence-corrected chi connectivity index (χ4v) is 2.02. The molecule has 16 heavy (non-hydrogen) atoms. The molecule has 0 saturated carbocycles. The lowest BCUT2D eigenvalue weighted by molar-refractivity contribution is -1.27. The van der Waals surface area contributed by atoms with Gasteiger partial charge < -0.3 is 4.66 Å². The highest BCUT2D eigenvalue weighted by Gasteiger charge is 1.95. The maximum Gasteiger partial charge on any atom is 0.330 e. The fraction of sp³-hybridized carbons (Fsp3) is 1.00. The highest BCUT2D eigenvalue weighted by molar-refractivity contribution is 4.47. The molecule has 0 aliphatic heterocycles. The van der Waals surface area contributed by atoms with Gasteiger partial charge in [-0.25, -0.2) is 0 Å². The molecule has 0 aliphatic carbocycles. The van der Waals surface area contributed by atoms with Gasteiger partial charge in [-0.1, -0.05) is 71.1 Å². The summed E-state index contributed by atoms with van der Waals surface area (Å²) in [7, 11) is 0.